The number of halogens is 1. The largest absolute Gasteiger partial charge is 0.352 e. The monoisotopic (exact) mass is 401 g/mol. The number of rotatable bonds is 4. The van der Waals surface area contributed by atoms with Crippen LogP contribution < -0.4 is 5.32 Å². The first-order valence-corrected chi connectivity index (χ1v) is 9.14. The summed E-state index contributed by atoms with van der Waals surface area (Å²) >= 11 is 3.33. The molecule has 1 fully saturated rings. The van der Waals surface area contributed by atoms with Crippen LogP contribution in [-0.4, -0.2) is 34.8 Å². The molecule has 2 aromatic rings. The van der Waals surface area contributed by atoms with Gasteiger partial charge in [0, 0.05) is 42.4 Å². The molecule has 3 rings (SSSR count). The quantitative estimate of drug-likeness (QED) is 0.856. The number of likely N-dealkylation sites (tertiary alicyclic amines) is 1. The Bertz CT molecular complexity index is 743. The third kappa shape index (κ3) is 4.66. The van der Waals surface area contributed by atoms with Gasteiger partial charge in [-0.05, 0) is 40.4 Å². The molecule has 2 heterocycles. The molecule has 6 heteroatoms. The molecule has 5 nitrogen and oxygen atoms in total. The first-order chi connectivity index (χ1) is 12.1. The normalized spacial score (nSPS) is 15.0. The summed E-state index contributed by atoms with van der Waals surface area (Å²) in [5.41, 5.74) is 1.66. The lowest BCUT2D eigenvalue weighted by molar-refractivity contribution is -0.126. The minimum atomic E-state index is -0.0339. The maximum atomic E-state index is 12.5. The van der Waals surface area contributed by atoms with Crippen molar-refractivity contribution in [1.82, 2.24) is 15.2 Å². The Morgan fingerprint density at radius 1 is 1.16 bits per heavy atom. The Morgan fingerprint density at radius 2 is 1.88 bits per heavy atom. The number of hydrogen-bond acceptors (Lipinski definition) is 3. The summed E-state index contributed by atoms with van der Waals surface area (Å²) in [5, 5.41) is 2.99. The predicted octanol–water partition coefficient (Wildman–Crippen LogP) is 3.01. The van der Waals surface area contributed by atoms with Crippen LogP contribution in [0.3, 0.4) is 0 Å². The third-order valence-electron chi connectivity index (χ3n) is 4.41. The van der Waals surface area contributed by atoms with Crippen molar-refractivity contribution in [3.05, 3.63) is 64.4 Å². The van der Waals surface area contributed by atoms with Crippen molar-refractivity contribution in [2.75, 3.05) is 13.1 Å². The number of aromatic nitrogens is 1. The first kappa shape index (κ1) is 17.6. The summed E-state index contributed by atoms with van der Waals surface area (Å²) < 4.78 is 0.786. The van der Waals surface area contributed by atoms with Gasteiger partial charge in [-0.25, -0.2) is 0 Å². The van der Waals surface area contributed by atoms with Crippen molar-refractivity contribution in [2.45, 2.75) is 19.4 Å². The molecule has 1 N–H and O–H groups in total. The second-order valence-electron chi connectivity index (χ2n) is 6.16. The Hall–Kier alpha value is -2.21. The van der Waals surface area contributed by atoms with E-state index in [1.165, 1.54) is 0 Å². The molecule has 0 saturated carbocycles. The fourth-order valence-electron chi connectivity index (χ4n) is 2.99. The van der Waals surface area contributed by atoms with E-state index in [0.717, 1.165) is 10.0 Å². The second kappa shape index (κ2) is 8.25. The highest BCUT2D eigenvalue weighted by atomic mass is 79.9. The van der Waals surface area contributed by atoms with Gasteiger partial charge in [0.2, 0.25) is 5.91 Å². The molecule has 0 unspecified atom stereocenters. The number of benzene rings is 1. The van der Waals surface area contributed by atoms with Gasteiger partial charge in [0.05, 0.1) is 5.56 Å². The number of nitrogens with one attached hydrogen (secondary N) is 1. The molecule has 2 amide bonds. The summed E-state index contributed by atoms with van der Waals surface area (Å²) in [5.74, 6) is 0.00501. The van der Waals surface area contributed by atoms with Crippen LogP contribution in [0.2, 0.25) is 0 Å². The van der Waals surface area contributed by atoms with Crippen LogP contribution in [-0.2, 0) is 11.3 Å². The molecular formula is C19H20BrN3O2. The zero-order valence-corrected chi connectivity index (χ0v) is 15.4. The molecule has 130 valence electrons. The van der Waals surface area contributed by atoms with Gasteiger partial charge in [-0.3, -0.25) is 14.6 Å². The number of carbonyl (C=O) groups excluding carboxylic acids is 2. The topological polar surface area (TPSA) is 62.3 Å². The Kier molecular flexibility index (Phi) is 5.81. The van der Waals surface area contributed by atoms with E-state index in [0.29, 0.717) is 38.0 Å². The fraction of sp³-hybridized carbons (Fsp3) is 0.316. The van der Waals surface area contributed by atoms with E-state index in [9.17, 15) is 9.59 Å². The molecule has 25 heavy (non-hydrogen) atoms. The number of nitrogens with zero attached hydrogens (tertiary/aromatic N) is 2. The van der Waals surface area contributed by atoms with E-state index in [2.05, 4.69) is 26.2 Å². The van der Waals surface area contributed by atoms with Crippen molar-refractivity contribution >= 4 is 27.7 Å². The average molecular weight is 402 g/mol. The minimum absolute atomic E-state index is 0.0306. The third-order valence-corrected chi connectivity index (χ3v) is 4.85. The van der Waals surface area contributed by atoms with Crippen LogP contribution >= 0.6 is 15.9 Å². The summed E-state index contributed by atoms with van der Waals surface area (Å²) in [6, 6.07) is 11.6. The second-order valence-corrected chi connectivity index (χ2v) is 7.08. The number of piperidine rings is 1. The van der Waals surface area contributed by atoms with E-state index in [-0.39, 0.29) is 17.7 Å². The van der Waals surface area contributed by atoms with Crippen molar-refractivity contribution in [3.8, 4) is 0 Å². The molecule has 0 aliphatic carbocycles. The molecule has 1 saturated heterocycles. The van der Waals surface area contributed by atoms with Gasteiger partial charge in [0.25, 0.3) is 5.91 Å². The zero-order valence-electron chi connectivity index (χ0n) is 13.8. The molecule has 1 aliphatic rings. The zero-order chi connectivity index (χ0) is 17.6. The van der Waals surface area contributed by atoms with E-state index in [1.54, 1.807) is 23.4 Å². The maximum Gasteiger partial charge on any atom is 0.255 e. The molecule has 1 aromatic heterocycles. The molecule has 0 radical (unpaired) electrons. The SMILES string of the molecule is O=C(NCc1ccccc1)C1CCN(C(=O)c2cncc(Br)c2)CC1. The summed E-state index contributed by atoms with van der Waals surface area (Å²) in [4.78, 5) is 30.7. The van der Waals surface area contributed by atoms with Crippen LogP contribution in [0.15, 0.2) is 53.3 Å². The van der Waals surface area contributed by atoms with Crippen LogP contribution in [0.4, 0.5) is 0 Å². The molecular weight excluding hydrogens is 382 g/mol. The summed E-state index contributed by atoms with van der Waals surface area (Å²) in [6.07, 6.45) is 4.60. The predicted molar refractivity (Wildman–Crippen MR) is 98.9 cm³/mol. The first-order valence-electron chi connectivity index (χ1n) is 8.35. The highest BCUT2D eigenvalue weighted by Gasteiger charge is 2.27. The standard InChI is InChI=1S/C19H20BrN3O2/c20-17-10-16(12-21-13-17)19(25)23-8-6-15(7-9-23)18(24)22-11-14-4-2-1-3-5-14/h1-5,10,12-13,15H,6-9,11H2,(H,22,24). The van der Waals surface area contributed by atoms with Crippen molar-refractivity contribution in [3.63, 3.8) is 0 Å². The lowest BCUT2D eigenvalue weighted by Crippen LogP contribution is -2.43. The summed E-state index contributed by atoms with van der Waals surface area (Å²) in [6.45, 7) is 1.73. The van der Waals surface area contributed by atoms with Crippen LogP contribution in [0.25, 0.3) is 0 Å². The van der Waals surface area contributed by atoms with Gasteiger partial charge in [0.1, 0.15) is 0 Å². The van der Waals surface area contributed by atoms with E-state index >= 15 is 0 Å². The Balaban J connectivity index is 1.49. The van der Waals surface area contributed by atoms with E-state index in [4.69, 9.17) is 0 Å². The van der Waals surface area contributed by atoms with Gasteiger partial charge in [-0.1, -0.05) is 30.3 Å². The Morgan fingerprint density at radius 3 is 2.56 bits per heavy atom. The van der Waals surface area contributed by atoms with Crippen molar-refractivity contribution in [1.29, 1.82) is 0 Å². The van der Waals surface area contributed by atoms with Gasteiger partial charge < -0.3 is 10.2 Å². The lowest BCUT2D eigenvalue weighted by Gasteiger charge is -2.31. The maximum absolute atomic E-state index is 12.5. The number of carbonyl (C=O) groups is 2. The molecule has 0 spiro atoms. The minimum Gasteiger partial charge on any atom is -0.352 e. The van der Waals surface area contributed by atoms with Gasteiger partial charge >= 0.3 is 0 Å². The van der Waals surface area contributed by atoms with Gasteiger partial charge in [-0.15, -0.1) is 0 Å². The van der Waals surface area contributed by atoms with E-state index in [1.807, 2.05) is 30.3 Å². The molecule has 0 atom stereocenters. The Labute approximate surface area is 155 Å². The van der Waals surface area contributed by atoms with Crippen molar-refractivity contribution in [2.24, 2.45) is 5.92 Å². The lowest BCUT2D eigenvalue weighted by atomic mass is 9.95. The van der Waals surface area contributed by atoms with Crippen molar-refractivity contribution < 1.29 is 9.59 Å². The fourth-order valence-corrected chi connectivity index (χ4v) is 3.35. The molecule has 1 aromatic carbocycles. The number of amides is 2. The van der Waals surface area contributed by atoms with Gasteiger partial charge in [-0.2, -0.15) is 0 Å². The highest BCUT2D eigenvalue weighted by Crippen LogP contribution is 2.20. The molecule has 0 bridgehead atoms. The number of pyridine rings is 1. The smallest absolute Gasteiger partial charge is 0.255 e. The van der Waals surface area contributed by atoms with Crippen LogP contribution in [0.1, 0.15) is 28.8 Å². The average Bonchev–Trinajstić information content (AvgIpc) is 2.66. The highest BCUT2D eigenvalue weighted by molar-refractivity contribution is 9.10. The number of hydrogen-bond donors (Lipinski definition) is 1. The van der Waals surface area contributed by atoms with E-state index < -0.39 is 0 Å². The van der Waals surface area contributed by atoms with Gasteiger partial charge in [0.15, 0.2) is 0 Å². The molecule has 1 aliphatic heterocycles. The summed E-state index contributed by atoms with van der Waals surface area (Å²) in [7, 11) is 0. The van der Waals surface area contributed by atoms with Crippen LogP contribution in [0, 0.1) is 5.92 Å². The van der Waals surface area contributed by atoms with Crippen LogP contribution in [0.5, 0.6) is 0 Å².